The summed E-state index contributed by atoms with van der Waals surface area (Å²) in [5, 5.41) is 6.15. The van der Waals surface area contributed by atoms with Gasteiger partial charge in [-0.15, -0.1) is 0 Å². The lowest BCUT2D eigenvalue weighted by Gasteiger charge is -2.20. The third-order valence-electron chi connectivity index (χ3n) is 3.29. The molecule has 0 unspecified atom stereocenters. The zero-order valence-electron chi connectivity index (χ0n) is 12.2. The molecule has 19 heavy (non-hydrogen) atoms. The minimum absolute atomic E-state index is 0.0497. The highest BCUT2D eigenvalue weighted by Crippen LogP contribution is 2.22. The van der Waals surface area contributed by atoms with E-state index >= 15 is 0 Å². The Labute approximate surface area is 115 Å². The Morgan fingerprint density at radius 3 is 2.68 bits per heavy atom. The first-order chi connectivity index (χ1) is 8.94. The van der Waals surface area contributed by atoms with E-state index in [1.54, 1.807) is 0 Å². The van der Waals surface area contributed by atoms with Gasteiger partial charge in [-0.25, -0.2) is 0 Å². The number of hydrogen-bond donors (Lipinski definition) is 2. The van der Waals surface area contributed by atoms with Crippen LogP contribution < -0.4 is 10.6 Å². The minimum atomic E-state index is -0.160. The molecule has 0 spiro atoms. The van der Waals surface area contributed by atoms with E-state index in [9.17, 15) is 4.79 Å². The summed E-state index contributed by atoms with van der Waals surface area (Å²) in [6.45, 7) is 7.10. The van der Waals surface area contributed by atoms with Crippen molar-refractivity contribution in [3.8, 4) is 0 Å². The van der Waals surface area contributed by atoms with E-state index in [2.05, 4.69) is 28.8 Å². The molecule has 2 rings (SSSR count). The monoisotopic (exact) mass is 260 g/mol. The molecule has 3 nitrogen and oxygen atoms in total. The lowest BCUT2D eigenvalue weighted by Crippen LogP contribution is -2.44. The summed E-state index contributed by atoms with van der Waals surface area (Å²) in [4.78, 5) is 11.7. The fraction of sp³-hybridized carbons (Fsp3) is 0.562. The van der Waals surface area contributed by atoms with Gasteiger partial charge in [-0.3, -0.25) is 4.79 Å². The lowest BCUT2D eigenvalue weighted by molar-refractivity contribution is -0.121. The Bertz CT molecular complexity index is 460. The molecule has 1 aromatic rings. The Hall–Kier alpha value is -1.35. The van der Waals surface area contributed by atoms with Gasteiger partial charge in [0.25, 0.3) is 0 Å². The smallest absolute Gasteiger partial charge is 0.234 e. The van der Waals surface area contributed by atoms with E-state index in [1.807, 2.05) is 20.8 Å². The van der Waals surface area contributed by atoms with Crippen LogP contribution in [0.4, 0.5) is 0 Å². The molecule has 104 valence electrons. The zero-order valence-corrected chi connectivity index (χ0v) is 12.2. The van der Waals surface area contributed by atoms with E-state index in [0.717, 1.165) is 6.54 Å². The first kappa shape index (κ1) is 14.1. The van der Waals surface area contributed by atoms with Crippen LogP contribution in [0.2, 0.25) is 0 Å². The third kappa shape index (κ3) is 4.35. The van der Waals surface area contributed by atoms with Gasteiger partial charge in [-0.1, -0.05) is 18.2 Å². The van der Waals surface area contributed by atoms with Gasteiger partial charge in [0.1, 0.15) is 0 Å². The van der Waals surface area contributed by atoms with Crippen LogP contribution in [-0.2, 0) is 24.2 Å². The summed E-state index contributed by atoms with van der Waals surface area (Å²) in [5.74, 6) is 0.0497. The highest BCUT2D eigenvalue weighted by Gasteiger charge is 2.13. The number of hydrogen-bond acceptors (Lipinski definition) is 2. The molecule has 1 aliphatic carbocycles. The molecule has 0 saturated heterocycles. The second-order valence-corrected chi connectivity index (χ2v) is 6.36. The summed E-state index contributed by atoms with van der Waals surface area (Å²) < 4.78 is 0. The molecule has 0 radical (unpaired) electrons. The largest absolute Gasteiger partial charge is 0.350 e. The fourth-order valence-electron chi connectivity index (χ4n) is 2.52. The van der Waals surface area contributed by atoms with Crippen molar-refractivity contribution in [2.24, 2.45) is 0 Å². The molecule has 1 aliphatic rings. The van der Waals surface area contributed by atoms with Crippen LogP contribution >= 0.6 is 0 Å². The van der Waals surface area contributed by atoms with Crippen molar-refractivity contribution in [1.29, 1.82) is 0 Å². The van der Waals surface area contributed by atoms with Gasteiger partial charge in [0.15, 0.2) is 0 Å². The number of carbonyl (C=O) groups excluding carboxylic acids is 1. The van der Waals surface area contributed by atoms with E-state index in [0.29, 0.717) is 6.54 Å². The Morgan fingerprint density at radius 1 is 1.21 bits per heavy atom. The summed E-state index contributed by atoms with van der Waals surface area (Å²) in [7, 11) is 0. The van der Waals surface area contributed by atoms with Crippen molar-refractivity contribution in [2.75, 3.05) is 6.54 Å². The van der Waals surface area contributed by atoms with Crippen LogP contribution in [-0.4, -0.2) is 18.0 Å². The van der Waals surface area contributed by atoms with Crippen LogP contribution in [0.25, 0.3) is 0 Å². The highest BCUT2D eigenvalue weighted by molar-refractivity contribution is 5.78. The molecule has 0 bridgehead atoms. The molecular formula is C16H24N2O. The Kier molecular flexibility index (Phi) is 4.25. The number of rotatable bonds is 4. The predicted octanol–water partition coefficient (Wildman–Crippen LogP) is 2.18. The number of aryl methyl sites for hydroxylation is 2. The van der Waals surface area contributed by atoms with Crippen molar-refractivity contribution in [2.45, 2.75) is 52.1 Å². The van der Waals surface area contributed by atoms with Gasteiger partial charge < -0.3 is 10.6 Å². The van der Waals surface area contributed by atoms with E-state index in [4.69, 9.17) is 0 Å². The van der Waals surface area contributed by atoms with Gasteiger partial charge in [-0.2, -0.15) is 0 Å². The molecule has 0 heterocycles. The topological polar surface area (TPSA) is 41.1 Å². The van der Waals surface area contributed by atoms with E-state index in [1.165, 1.54) is 36.0 Å². The van der Waals surface area contributed by atoms with Gasteiger partial charge >= 0.3 is 0 Å². The van der Waals surface area contributed by atoms with Crippen molar-refractivity contribution >= 4 is 5.91 Å². The second-order valence-electron chi connectivity index (χ2n) is 6.36. The average Bonchev–Trinajstić information content (AvgIpc) is 2.73. The second kappa shape index (κ2) is 5.74. The first-order valence-electron chi connectivity index (χ1n) is 7.06. The number of amides is 1. The maximum Gasteiger partial charge on any atom is 0.234 e. The molecule has 2 N–H and O–H groups in total. The van der Waals surface area contributed by atoms with Gasteiger partial charge in [-0.05, 0) is 56.7 Å². The molecule has 0 aromatic heterocycles. The standard InChI is InChI=1S/C16H24N2O/c1-16(2,3)18-15(19)11-17-10-12-7-8-13-5-4-6-14(13)9-12/h7-9,17H,4-6,10-11H2,1-3H3,(H,18,19). The number of fused-ring (bicyclic) bond motifs is 1. The number of carbonyl (C=O) groups is 1. The molecule has 0 atom stereocenters. The predicted molar refractivity (Wildman–Crippen MR) is 78.1 cm³/mol. The van der Waals surface area contributed by atoms with E-state index in [-0.39, 0.29) is 11.4 Å². The molecule has 0 aliphatic heterocycles. The molecule has 1 aromatic carbocycles. The SMILES string of the molecule is CC(C)(C)NC(=O)CNCc1ccc2c(c1)CCC2. The van der Waals surface area contributed by atoms with Crippen LogP contribution in [0.5, 0.6) is 0 Å². The van der Waals surface area contributed by atoms with Gasteiger partial charge in [0.05, 0.1) is 6.54 Å². The maximum absolute atomic E-state index is 11.7. The third-order valence-corrected chi connectivity index (χ3v) is 3.29. The molecule has 0 fully saturated rings. The quantitative estimate of drug-likeness (QED) is 0.871. The van der Waals surface area contributed by atoms with Crippen molar-refractivity contribution in [3.05, 3.63) is 34.9 Å². The van der Waals surface area contributed by atoms with Crippen LogP contribution in [0.3, 0.4) is 0 Å². The minimum Gasteiger partial charge on any atom is -0.350 e. The molecule has 0 saturated carbocycles. The number of nitrogens with one attached hydrogen (secondary N) is 2. The van der Waals surface area contributed by atoms with Crippen molar-refractivity contribution < 1.29 is 4.79 Å². The van der Waals surface area contributed by atoms with Crippen molar-refractivity contribution in [1.82, 2.24) is 10.6 Å². The normalized spacial score (nSPS) is 14.3. The fourth-order valence-corrected chi connectivity index (χ4v) is 2.52. The van der Waals surface area contributed by atoms with Gasteiger partial charge in [0.2, 0.25) is 5.91 Å². The van der Waals surface area contributed by atoms with Gasteiger partial charge in [0, 0.05) is 12.1 Å². The Balaban J connectivity index is 1.78. The summed E-state index contributed by atoms with van der Waals surface area (Å²) >= 11 is 0. The highest BCUT2D eigenvalue weighted by atomic mass is 16.2. The molecule has 3 heteroatoms. The maximum atomic E-state index is 11.7. The Morgan fingerprint density at radius 2 is 1.95 bits per heavy atom. The number of benzene rings is 1. The average molecular weight is 260 g/mol. The van der Waals surface area contributed by atoms with Crippen LogP contribution in [0.1, 0.15) is 43.9 Å². The van der Waals surface area contributed by atoms with Crippen LogP contribution in [0.15, 0.2) is 18.2 Å². The summed E-state index contributed by atoms with van der Waals surface area (Å²) in [5.41, 5.74) is 4.09. The lowest BCUT2D eigenvalue weighted by atomic mass is 10.1. The summed E-state index contributed by atoms with van der Waals surface area (Å²) in [6, 6.07) is 6.67. The first-order valence-corrected chi connectivity index (χ1v) is 7.06. The van der Waals surface area contributed by atoms with Crippen molar-refractivity contribution in [3.63, 3.8) is 0 Å². The van der Waals surface area contributed by atoms with Crippen LogP contribution in [0, 0.1) is 0 Å². The van der Waals surface area contributed by atoms with E-state index < -0.39 is 0 Å². The molecule has 1 amide bonds. The summed E-state index contributed by atoms with van der Waals surface area (Å²) in [6.07, 6.45) is 3.70. The zero-order chi connectivity index (χ0) is 13.9. The molecular weight excluding hydrogens is 236 g/mol.